The second-order valence-electron chi connectivity index (χ2n) is 6.23. The van der Waals surface area contributed by atoms with E-state index in [-0.39, 0.29) is 30.1 Å². The molecule has 1 unspecified atom stereocenters. The third-order valence-corrected chi connectivity index (χ3v) is 4.51. The third-order valence-electron chi connectivity index (χ3n) is 4.51. The molecule has 2 amide bonds. The molecule has 3 rings (SSSR count). The van der Waals surface area contributed by atoms with E-state index in [0.717, 1.165) is 23.9 Å². The van der Waals surface area contributed by atoms with Crippen LogP contribution in [0.5, 0.6) is 0 Å². The summed E-state index contributed by atoms with van der Waals surface area (Å²) in [5, 5.41) is 7.53. The van der Waals surface area contributed by atoms with Crippen LogP contribution in [0.4, 0.5) is 0 Å². The van der Waals surface area contributed by atoms with Crippen LogP contribution in [0, 0.1) is 5.92 Å². The van der Waals surface area contributed by atoms with Gasteiger partial charge in [-0.15, -0.1) is 12.4 Å². The number of carbonyl (C=O) groups excluding carboxylic acids is 2. The molecule has 3 heterocycles. The van der Waals surface area contributed by atoms with Crippen molar-refractivity contribution in [3.63, 3.8) is 0 Å². The fraction of sp³-hybridized carbons (Fsp3) is 0.529. The first-order valence-corrected chi connectivity index (χ1v) is 8.65. The fourth-order valence-electron chi connectivity index (χ4n) is 3.15. The maximum atomic E-state index is 12.8. The molecule has 1 atom stereocenters. The molecule has 1 aliphatic heterocycles. The summed E-state index contributed by atoms with van der Waals surface area (Å²) in [5.41, 5.74) is 7.14. The zero-order valence-electron chi connectivity index (χ0n) is 14.7. The quantitative estimate of drug-likeness (QED) is 0.802. The normalized spacial score (nSPS) is 17.0. The Kier molecular flexibility index (Phi) is 6.93. The van der Waals surface area contributed by atoms with Crippen molar-refractivity contribution in [1.29, 1.82) is 0 Å². The lowest BCUT2D eigenvalue weighted by Gasteiger charge is -2.32. The minimum absolute atomic E-state index is 0. The first-order chi connectivity index (χ1) is 12.1. The lowest BCUT2D eigenvalue weighted by atomic mass is 9.96. The van der Waals surface area contributed by atoms with E-state index in [9.17, 15) is 9.59 Å². The number of nitrogens with zero attached hydrogens (tertiary/aromatic N) is 3. The molecule has 2 aromatic rings. The van der Waals surface area contributed by atoms with Crippen LogP contribution in [-0.2, 0) is 11.2 Å². The third kappa shape index (κ3) is 4.13. The molecule has 9 heteroatoms. The van der Waals surface area contributed by atoms with Crippen LogP contribution in [0.3, 0.4) is 0 Å². The Balaban J connectivity index is 0.00000243. The maximum Gasteiger partial charge on any atom is 0.257 e. The first kappa shape index (κ1) is 20.1. The van der Waals surface area contributed by atoms with E-state index in [1.807, 2.05) is 6.92 Å². The molecule has 0 aromatic carbocycles. The van der Waals surface area contributed by atoms with Crippen molar-refractivity contribution in [3.05, 3.63) is 23.5 Å². The summed E-state index contributed by atoms with van der Waals surface area (Å²) in [4.78, 5) is 30.9. The van der Waals surface area contributed by atoms with Gasteiger partial charge in [-0.05, 0) is 25.3 Å². The Morgan fingerprint density at radius 2 is 2.27 bits per heavy atom. The second kappa shape index (κ2) is 8.95. The molecular formula is C17H24ClN5O3. The molecule has 26 heavy (non-hydrogen) atoms. The minimum Gasteiger partial charge on any atom is -0.355 e. The molecule has 1 fully saturated rings. The molecule has 0 aliphatic carbocycles. The Labute approximate surface area is 157 Å². The van der Waals surface area contributed by atoms with Crippen molar-refractivity contribution in [2.24, 2.45) is 11.7 Å². The van der Waals surface area contributed by atoms with Gasteiger partial charge in [0.25, 0.3) is 11.6 Å². The highest BCUT2D eigenvalue weighted by Gasteiger charge is 2.29. The number of fused-ring (bicyclic) bond motifs is 1. The monoisotopic (exact) mass is 381 g/mol. The number of likely N-dealkylation sites (tertiary alicyclic amines) is 1. The SMILES string of the molecule is CCc1noc2ncc(C(=O)N3CCCC(C(=O)NCCN)C3)cc12.Cl. The fourth-order valence-corrected chi connectivity index (χ4v) is 3.15. The van der Waals surface area contributed by atoms with Gasteiger partial charge < -0.3 is 20.5 Å². The minimum atomic E-state index is -0.192. The van der Waals surface area contributed by atoms with Gasteiger partial charge in [-0.1, -0.05) is 12.1 Å². The van der Waals surface area contributed by atoms with Gasteiger partial charge in [-0.25, -0.2) is 4.98 Å². The topological polar surface area (TPSA) is 114 Å². The molecule has 0 saturated carbocycles. The van der Waals surface area contributed by atoms with Crippen LogP contribution in [0.1, 0.15) is 35.8 Å². The molecule has 2 aromatic heterocycles. The first-order valence-electron chi connectivity index (χ1n) is 8.65. The van der Waals surface area contributed by atoms with Crippen LogP contribution in [-0.4, -0.2) is 53.0 Å². The second-order valence-corrected chi connectivity index (χ2v) is 6.23. The summed E-state index contributed by atoms with van der Waals surface area (Å²) in [6.45, 7) is 3.89. The Hall–Kier alpha value is -2.19. The molecule has 8 nitrogen and oxygen atoms in total. The van der Waals surface area contributed by atoms with E-state index in [1.54, 1.807) is 11.0 Å². The Morgan fingerprint density at radius 1 is 1.46 bits per heavy atom. The summed E-state index contributed by atoms with van der Waals surface area (Å²) >= 11 is 0. The van der Waals surface area contributed by atoms with E-state index < -0.39 is 0 Å². The zero-order chi connectivity index (χ0) is 17.8. The molecule has 3 N–H and O–H groups in total. The summed E-state index contributed by atoms with van der Waals surface area (Å²) in [5.74, 6) is -0.347. The zero-order valence-corrected chi connectivity index (χ0v) is 15.6. The number of amides is 2. The van der Waals surface area contributed by atoms with Crippen molar-refractivity contribution < 1.29 is 14.1 Å². The van der Waals surface area contributed by atoms with Crippen LogP contribution < -0.4 is 11.1 Å². The van der Waals surface area contributed by atoms with E-state index >= 15 is 0 Å². The molecule has 0 bridgehead atoms. The van der Waals surface area contributed by atoms with Crippen LogP contribution in [0.25, 0.3) is 11.1 Å². The van der Waals surface area contributed by atoms with Gasteiger partial charge in [-0.3, -0.25) is 9.59 Å². The molecule has 1 saturated heterocycles. The van der Waals surface area contributed by atoms with Gasteiger partial charge in [0.2, 0.25) is 5.91 Å². The van der Waals surface area contributed by atoms with Crippen molar-refractivity contribution >= 4 is 35.3 Å². The predicted octanol–water partition coefficient (Wildman–Crippen LogP) is 1.13. The van der Waals surface area contributed by atoms with Gasteiger partial charge in [0, 0.05) is 32.4 Å². The molecule has 142 valence electrons. The summed E-state index contributed by atoms with van der Waals surface area (Å²) < 4.78 is 5.16. The van der Waals surface area contributed by atoms with E-state index in [4.69, 9.17) is 10.3 Å². The van der Waals surface area contributed by atoms with Crippen LogP contribution >= 0.6 is 12.4 Å². The van der Waals surface area contributed by atoms with Gasteiger partial charge in [0.15, 0.2) is 0 Å². The highest BCUT2D eigenvalue weighted by atomic mass is 35.5. The number of hydrogen-bond donors (Lipinski definition) is 2. The number of piperidine rings is 1. The summed E-state index contributed by atoms with van der Waals surface area (Å²) in [6, 6.07) is 1.78. The van der Waals surface area contributed by atoms with Gasteiger partial charge in [0.1, 0.15) is 0 Å². The lowest BCUT2D eigenvalue weighted by molar-refractivity contribution is -0.126. The number of aromatic nitrogens is 2. The van der Waals surface area contributed by atoms with Gasteiger partial charge in [-0.2, -0.15) is 0 Å². The molecular weight excluding hydrogens is 358 g/mol. The molecule has 0 spiro atoms. The average molecular weight is 382 g/mol. The molecule has 0 radical (unpaired) electrons. The van der Waals surface area contributed by atoms with Crippen molar-refractivity contribution in [1.82, 2.24) is 20.4 Å². The standard InChI is InChI=1S/C17H23N5O3.ClH/c1-2-14-13-8-12(9-20-16(13)25-21-14)17(24)22-7-3-4-11(10-22)15(23)19-6-5-18;/h8-9,11H,2-7,10,18H2,1H3,(H,19,23);1H. The highest BCUT2D eigenvalue weighted by Crippen LogP contribution is 2.22. The van der Waals surface area contributed by atoms with Crippen molar-refractivity contribution in [2.75, 3.05) is 26.2 Å². The predicted molar refractivity (Wildman–Crippen MR) is 99.1 cm³/mol. The maximum absolute atomic E-state index is 12.8. The van der Waals surface area contributed by atoms with Crippen LogP contribution in [0.2, 0.25) is 0 Å². The lowest BCUT2D eigenvalue weighted by Crippen LogP contribution is -2.46. The van der Waals surface area contributed by atoms with E-state index in [0.29, 0.717) is 43.9 Å². The van der Waals surface area contributed by atoms with Gasteiger partial charge >= 0.3 is 0 Å². The highest BCUT2D eigenvalue weighted by molar-refractivity contribution is 5.97. The largest absolute Gasteiger partial charge is 0.355 e. The van der Waals surface area contributed by atoms with E-state index in [2.05, 4.69) is 15.5 Å². The number of nitrogens with one attached hydrogen (secondary N) is 1. The number of aryl methyl sites for hydroxylation is 1. The summed E-state index contributed by atoms with van der Waals surface area (Å²) in [7, 11) is 0. The molecule has 1 aliphatic rings. The van der Waals surface area contributed by atoms with Crippen molar-refractivity contribution in [2.45, 2.75) is 26.2 Å². The Bertz CT molecular complexity index is 779. The summed E-state index contributed by atoms with van der Waals surface area (Å²) in [6.07, 6.45) is 3.80. The van der Waals surface area contributed by atoms with Crippen LogP contribution in [0.15, 0.2) is 16.8 Å². The number of pyridine rings is 1. The smallest absolute Gasteiger partial charge is 0.257 e. The average Bonchev–Trinajstić information content (AvgIpc) is 3.07. The van der Waals surface area contributed by atoms with Gasteiger partial charge in [0.05, 0.1) is 22.6 Å². The number of halogens is 1. The number of nitrogens with two attached hydrogens (primary N) is 1. The number of hydrogen-bond acceptors (Lipinski definition) is 6. The number of carbonyl (C=O) groups is 2. The van der Waals surface area contributed by atoms with Crippen molar-refractivity contribution in [3.8, 4) is 0 Å². The Morgan fingerprint density at radius 3 is 3.00 bits per heavy atom. The number of rotatable bonds is 5. The van der Waals surface area contributed by atoms with E-state index in [1.165, 1.54) is 6.20 Å².